The van der Waals surface area contributed by atoms with Crippen molar-refractivity contribution < 1.29 is 23.5 Å². The lowest BCUT2D eigenvalue weighted by atomic mass is 10.0. The van der Waals surface area contributed by atoms with Crippen molar-refractivity contribution in [2.75, 3.05) is 14.2 Å². The fourth-order valence-electron chi connectivity index (χ4n) is 1.86. The number of benzene rings is 1. The van der Waals surface area contributed by atoms with Gasteiger partial charge in [-0.2, -0.15) is 0 Å². The fraction of sp³-hybridized carbons (Fsp3) is 0.474. The van der Waals surface area contributed by atoms with Crippen LogP contribution in [0.4, 0.5) is 0 Å². The van der Waals surface area contributed by atoms with E-state index in [0.717, 1.165) is 17.4 Å². The average molecular weight is 365 g/mol. The van der Waals surface area contributed by atoms with E-state index in [1.807, 2.05) is 24.3 Å². The molecule has 6 heteroatoms. The topological polar surface area (TPSA) is 61.8 Å². The van der Waals surface area contributed by atoms with Crippen LogP contribution in [-0.2, 0) is 25.5 Å². The van der Waals surface area contributed by atoms with Crippen LogP contribution in [0.3, 0.4) is 0 Å². The van der Waals surface area contributed by atoms with Crippen LogP contribution in [0.15, 0.2) is 35.9 Å². The van der Waals surface area contributed by atoms with E-state index in [2.05, 4.69) is 38.6 Å². The summed E-state index contributed by atoms with van der Waals surface area (Å²) in [7, 11) is 0.654. The molecule has 0 atom stereocenters. The molecule has 0 N–H and O–H groups in total. The minimum absolute atomic E-state index is 0.118. The number of methoxy groups -OCH3 is 2. The van der Waals surface area contributed by atoms with Crippen molar-refractivity contribution in [3.63, 3.8) is 0 Å². The Kier molecular flexibility index (Phi) is 6.99. The normalized spacial score (nSPS) is 12.5. The van der Waals surface area contributed by atoms with E-state index in [0.29, 0.717) is 0 Å². The van der Waals surface area contributed by atoms with E-state index in [1.165, 1.54) is 14.2 Å². The molecule has 0 aliphatic rings. The lowest BCUT2D eigenvalue weighted by molar-refractivity contribution is -0.138. The van der Waals surface area contributed by atoms with Crippen LogP contribution < -0.4 is 4.43 Å². The molecular formula is C19H28O5Si. The van der Waals surface area contributed by atoms with E-state index in [9.17, 15) is 9.59 Å². The van der Waals surface area contributed by atoms with Crippen molar-refractivity contribution in [2.24, 2.45) is 0 Å². The van der Waals surface area contributed by atoms with Crippen LogP contribution in [0.25, 0.3) is 0 Å². The molecule has 0 unspecified atom stereocenters. The van der Waals surface area contributed by atoms with Gasteiger partial charge in [-0.3, -0.25) is 0 Å². The standard InChI is InChI=1S/C19H28O5Si/c1-19(2,3)25(6,7)24-16-10-8-14(9-11-16)12-15(18(21)23-5)13-17(20)22-4/h8-11,13H,12H2,1-7H3/b15-13-. The predicted molar refractivity (Wildman–Crippen MR) is 100 cm³/mol. The Morgan fingerprint density at radius 2 is 1.60 bits per heavy atom. The molecule has 0 aliphatic carbocycles. The Bertz CT molecular complexity index is 639. The number of carbonyl (C=O) groups excluding carboxylic acids is 2. The first-order chi connectivity index (χ1) is 11.5. The minimum atomic E-state index is -1.89. The molecule has 0 aliphatic heterocycles. The monoisotopic (exact) mass is 364 g/mol. The summed E-state index contributed by atoms with van der Waals surface area (Å²) in [6.45, 7) is 10.9. The zero-order valence-corrected chi connectivity index (χ0v) is 17.1. The average Bonchev–Trinajstić information content (AvgIpc) is 2.53. The zero-order valence-electron chi connectivity index (χ0n) is 16.1. The van der Waals surface area contributed by atoms with Crippen molar-refractivity contribution >= 4 is 20.3 Å². The molecule has 0 spiro atoms. The van der Waals surface area contributed by atoms with Gasteiger partial charge < -0.3 is 13.9 Å². The molecule has 1 aromatic rings. The third-order valence-electron chi connectivity index (χ3n) is 4.44. The summed E-state index contributed by atoms with van der Waals surface area (Å²) in [4.78, 5) is 23.2. The van der Waals surface area contributed by atoms with Crippen molar-refractivity contribution in [1.29, 1.82) is 0 Å². The summed E-state index contributed by atoms with van der Waals surface area (Å²) >= 11 is 0. The molecule has 1 rings (SSSR count). The number of hydrogen-bond donors (Lipinski definition) is 0. The molecule has 1 aromatic carbocycles. The second kappa shape index (κ2) is 8.34. The SMILES string of the molecule is COC(=O)/C=C(/Cc1ccc(O[Si](C)(C)C(C)(C)C)cc1)C(=O)OC. The van der Waals surface area contributed by atoms with Gasteiger partial charge in [-0.15, -0.1) is 0 Å². The van der Waals surface area contributed by atoms with Crippen LogP contribution in [0.5, 0.6) is 5.75 Å². The first kappa shape index (κ1) is 21.0. The van der Waals surface area contributed by atoms with Gasteiger partial charge in [-0.25, -0.2) is 9.59 Å². The van der Waals surface area contributed by atoms with E-state index < -0.39 is 20.3 Å². The smallest absolute Gasteiger partial charge is 0.334 e. The molecule has 0 heterocycles. The van der Waals surface area contributed by atoms with Crippen molar-refractivity contribution in [3.05, 3.63) is 41.5 Å². The van der Waals surface area contributed by atoms with Gasteiger partial charge in [0.15, 0.2) is 0 Å². The molecule has 25 heavy (non-hydrogen) atoms. The number of esters is 2. The molecule has 5 nitrogen and oxygen atoms in total. The second-order valence-electron chi connectivity index (χ2n) is 7.37. The van der Waals surface area contributed by atoms with Gasteiger partial charge in [-0.1, -0.05) is 32.9 Å². The van der Waals surface area contributed by atoms with E-state index in [4.69, 9.17) is 9.16 Å². The zero-order chi connectivity index (χ0) is 19.3. The van der Waals surface area contributed by atoms with Crippen LogP contribution >= 0.6 is 0 Å². The molecular weight excluding hydrogens is 336 g/mol. The van der Waals surface area contributed by atoms with Gasteiger partial charge in [0.2, 0.25) is 8.32 Å². The maximum atomic E-state index is 11.8. The fourth-order valence-corrected chi connectivity index (χ4v) is 2.89. The Balaban J connectivity index is 2.93. The molecule has 0 radical (unpaired) electrons. The van der Waals surface area contributed by atoms with Crippen LogP contribution in [-0.4, -0.2) is 34.5 Å². The predicted octanol–water partition coefficient (Wildman–Crippen LogP) is 3.89. The molecule has 0 aromatic heterocycles. The summed E-state index contributed by atoms with van der Waals surface area (Å²) in [5.41, 5.74) is 1.12. The quantitative estimate of drug-likeness (QED) is 0.435. The van der Waals surface area contributed by atoms with Gasteiger partial charge in [0.05, 0.1) is 14.2 Å². The van der Waals surface area contributed by atoms with Crippen LogP contribution in [0.1, 0.15) is 26.3 Å². The first-order valence-corrected chi connectivity index (χ1v) is 11.1. The number of carbonyl (C=O) groups is 2. The van der Waals surface area contributed by atoms with E-state index >= 15 is 0 Å². The Morgan fingerprint density at radius 1 is 1.04 bits per heavy atom. The van der Waals surface area contributed by atoms with Crippen molar-refractivity contribution in [3.8, 4) is 5.75 Å². The molecule has 0 amide bonds. The maximum absolute atomic E-state index is 11.8. The summed E-state index contributed by atoms with van der Waals surface area (Å²) in [5.74, 6) is -0.322. The number of ether oxygens (including phenoxy) is 2. The summed E-state index contributed by atoms with van der Waals surface area (Å²) in [6.07, 6.45) is 1.44. The Hall–Kier alpha value is -2.08. The molecule has 0 saturated heterocycles. The third-order valence-corrected chi connectivity index (χ3v) is 8.80. The Labute approximate surface area is 151 Å². The van der Waals surface area contributed by atoms with E-state index in [1.54, 1.807) is 0 Å². The van der Waals surface area contributed by atoms with Crippen molar-refractivity contribution in [1.82, 2.24) is 0 Å². The van der Waals surface area contributed by atoms with Gasteiger partial charge in [-0.05, 0) is 35.8 Å². The summed E-state index contributed by atoms with van der Waals surface area (Å²) in [6, 6.07) is 7.55. The van der Waals surface area contributed by atoms with Gasteiger partial charge in [0, 0.05) is 18.1 Å². The lowest BCUT2D eigenvalue weighted by Crippen LogP contribution is -2.43. The molecule has 0 fully saturated rings. The molecule has 138 valence electrons. The highest BCUT2D eigenvalue weighted by Crippen LogP contribution is 2.37. The summed E-state index contributed by atoms with van der Waals surface area (Å²) < 4.78 is 15.5. The highest BCUT2D eigenvalue weighted by molar-refractivity contribution is 6.74. The third kappa shape index (κ3) is 6.05. The molecule has 0 saturated carbocycles. The van der Waals surface area contributed by atoms with Crippen molar-refractivity contribution in [2.45, 2.75) is 45.3 Å². The first-order valence-electron chi connectivity index (χ1n) is 8.15. The lowest BCUT2D eigenvalue weighted by Gasteiger charge is -2.36. The maximum Gasteiger partial charge on any atom is 0.334 e. The van der Waals surface area contributed by atoms with E-state index in [-0.39, 0.29) is 17.0 Å². The van der Waals surface area contributed by atoms with Crippen LogP contribution in [0.2, 0.25) is 18.1 Å². The van der Waals surface area contributed by atoms with Gasteiger partial charge >= 0.3 is 11.9 Å². The number of hydrogen-bond acceptors (Lipinski definition) is 5. The Morgan fingerprint density at radius 3 is 2.04 bits per heavy atom. The van der Waals surface area contributed by atoms with Gasteiger partial charge in [0.1, 0.15) is 5.75 Å². The second-order valence-corrected chi connectivity index (χ2v) is 12.1. The minimum Gasteiger partial charge on any atom is -0.544 e. The number of rotatable bonds is 6. The largest absolute Gasteiger partial charge is 0.544 e. The summed E-state index contributed by atoms with van der Waals surface area (Å²) in [5, 5.41) is 0.118. The van der Waals surface area contributed by atoms with Gasteiger partial charge in [0.25, 0.3) is 0 Å². The van der Waals surface area contributed by atoms with Crippen LogP contribution in [0, 0.1) is 0 Å². The highest BCUT2D eigenvalue weighted by atomic mass is 28.4. The highest BCUT2D eigenvalue weighted by Gasteiger charge is 2.38. The molecule has 0 bridgehead atoms.